The van der Waals surface area contributed by atoms with Crippen molar-refractivity contribution in [3.63, 3.8) is 0 Å². The molecule has 0 atom stereocenters. The lowest BCUT2D eigenvalue weighted by molar-refractivity contribution is -0.0881. The van der Waals surface area contributed by atoms with Crippen LogP contribution in [0.4, 0.5) is 13.2 Å². The van der Waals surface area contributed by atoms with Gasteiger partial charge in [0.25, 0.3) is 0 Å². The zero-order chi connectivity index (χ0) is 16.3. The molecule has 0 saturated heterocycles. The third-order valence-corrected chi connectivity index (χ3v) is 3.20. The maximum atomic E-state index is 12.8. The van der Waals surface area contributed by atoms with Crippen LogP contribution in [0.5, 0.6) is 0 Å². The van der Waals surface area contributed by atoms with E-state index in [1.807, 2.05) is 6.08 Å². The second-order valence-corrected chi connectivity index (χ2v) is 6.07. The van der Waals surface area contributed by atoms with Gasteiger partial charge in [0.15, 0.2) is 0 Å². The number of halogens is 3. The fourth-order valence-corrected chi connectivity index (χ4v) is 1.88. The average molecular weight is 297 g/mol. The summed E-state index contributed by atoms with van der Waals surface area (Å²) in [4.78, 5) is 4.53. The minimum atomic E-state index is -4.34. The van der Waals surface area contributed by atoms with Crippen molar-refractivity contribution < 1.29 is 13.2 Å². The lowest BCUT2D eigenvalue weighted by atomic mass is 9.89. The van der Waals surface area contributed by atoms with Crippen molar-refractivity contribution in [2.24, 2.45) is 10.4 Å². The van der Waals surface area contributed by atoms with Crippen LogP contribution in [0.2, 0.25) is 0 Å². The smallest absolute Gasteiger partial charge is 0.257 e. The lowest BCUT2D eigenvalue weighted by Crippen LogP contribution is -2.17. The van der Waals surface area contributed by atoms with Crippen molar-refractivity contribution in [1.29, 1.82) is 0 Å². The SMILES string of the molecule is C\C=C/C(=C\C=C(/C)C1=CCC(C(C)(C)C)=N1)C(F)(F)F. The van der Waals surface area contributed by atoms with E-state index in [1.54, 1.807) is 13.8 Å². The maximum absolute atomic E-state index is 12.8. The molecule has 0 aromatic carbocycles. The number of aliphatic imine (C=N–C) groups is 1. The van der Waals surface area contributed by atoms with Crippen molar-refractivity contribution in [3.05, 3.63) is 47.2 Å². The Bertz CT molecular complexity index is 535. The first-order valence-electron chi connectivity index (χ1n) is 6.92. The predicted octanol–water partition coefficient (Wildman–Crippen LogP) is 5.77. The highest BCUT2D eigenvalue weighted by Crippen LogP contribution is 2.29. The molecule has 0 fully saturated rings. The van der Waals surface area contributed by atoms with Gasteiger partial charge < -0.3 is 0 Å². The Labute approximate surface area is 124 Å². The molecule has 0 N–H and O–H groups in total. The first-order valence-corrected chi connectivity index (χ1v) is 6.92. The van der Waals surface area contributed by atoms with Crippen LogP contribution in [0.1, 0.15) is 41.0 Å². The van der Waals surface area contributed by atoms with Crippen LogP contribution in [0, 0.1) is 5.41 Å². The van der Waals surface area contributed by atoms with Gasteiger partial charge in [-0.1, -0.05) is 45.1 Å². The topological polar surface area (TPSA) is 12.4 Å². The number of allylic oxidation sites excluding steroid dienone is 7. The summed E-state index contributed by atoms with van der Waals surface area (Å²) in [6, 6.07) is 0. The van der Waals surface area contributed by atoms with Gasteiger partial charge >= 0.3 is 6.18 Å². The molecule has 1 nitrogen and oxygen atoms in total. The van der Waals surface area contributed by atoms with E-state index in [9.17, 15) is 13.2 Å². The van der Waals surface area contributed by atoms with Crippen LogP contribution in [0.3, 0.4) is 0 Å². The van der Waals surface area contributed by atoms with Crippen molar-refractivity contribution in [2.75, 3.05) is 0 Å². The summed E-state index contributed by atoms with van der Waals surface area (Å²) in [5, 5.41) is 0. The molecule has 1 heterocycles. The zero-order valence-corrected chi connectivity index (χ0v) is 13.2. The Kier molecular flexibility index (Phi) is 5.37. The number of nitrogens with zero attached hydrogens (tertiary/aromatic N) is 1. The third-order valence-electron chi connectivity index (χ3n) is 3.20. The normalized spacial score (nSPS) is 18.3. The standard InChI is InChI=1S/C17H22F3N/c1-6-7-13(17(18,19)20)9-8-12(2)14-10-11-15(21-14)16(3,4)5/h6-10H,11H2,1-5H3/b7-6-,12-8+,13-9+. The molecule has 0 aromatic rings. The monoisotopic (exact) mass is 297 g/mol. The molecule has 21 heavy (non-hydrogen) atoms. The van der Waals surface area contributed by atoms with Crippen LogP contribution in [-0.4, -0.2) is 11.9 Å². The quantitative estimate of drug-likeness (QED) is 0.586. The highest BCUT2D eigenvalue weighted by molar-refractivity contribution is 5.93. The zero-order valence-electron chi connectivity index (χ0n) is 13.2. The average Bonchev–Trinajstić information content (AvgIpc) is 2.81. The van der Waals surface area contributed by atoms with E-state index in [-0.39, 0.29) is 5.41 Å². The van der Waals surface area contributed by atoms with Crippen LogP contribution in [-0.2, 0) is 0 Å². The Balaban J connectivity index is 2.99. The molecule has 0 aromatic heterocycles. The minimum absolute atomic E-state index is 0.0174. The van der Waals surface area contributed by atoms with Gasteiger partial charge in [0.1, 0.15) is 0 Å². The number of hydrogen-bond donors (Lipinski definition) is 0. The fraction of sp³-hybridized carbons (Fsp3) is 0.471. The number of alkyl halides is 3. The fourth-order valence-electron chi connectivity index (χ4n) is 1.88. The third kappa shape index (κ3) is 5.03. The van der Waals surface area contributed by atoms with Gasteiger partial charge in [-0.25, -0.2) is 0 Å². The molecule has 116 valence electrons. The Morgan fingerprint density at radius 2 is 1.81 bits per heavy atom. The molecule has 0 amide bonds. The summed E-state index contributed by atoms with van der Waals surface area (Å²) in [6.07, 6.45) is 3.40. The molecule has 4 heteroatoms. The Hall–Kier alpha value is -1.58. The van der Waals surface area contributed by atoms with E-state index < -0.39 is 11.7 Å². The van der Waals surface area contributed by atoms with Crippen molar-refractivity contribution in [3.8, 4) is 0 Å². The summed E-state index contributed by atoms with van der Waals surface area (Å²) < 4.78 is 38.3. The molecule has 1 rings (SSSR count). The molecule has 0 unspecified atom stereocenters. The molecule has 0 aliphatic carbocycles. The van der Waals surface area contributed by atoms with Gasteiger partial charge in [-0.05, 0) is 25.5 Å². The van der Waals surface area contributed by atoms with E-state index in [2.05, 4.69) is 25.8 Å². The van der Waals surface area contributed by atoms with E-state index in [0.29, 0.717) is 0 Å². The molecule has 0 radical (unpaired) electrons. The Morgan fingerprint density at radius 1 is 1.19 bits per heavy atom. The van der Waals surface area contributed by atoms with Gasteiger partial charge in [0.05, 0.1) is 11.3 Å². The van der Waals surface area contributed by atoms with Gasteiger partial charge in [-0.3, -0.25) is 4.99 Å². The molecular formula is C17H22F3N. The first-order chi connectivity index (χ1) is 9.55. The van der Waals surface area contributed by atoms with Crippen molar-refractivity contribution in [2.45, 2.75) is 47.2 Å². The summed E-state index contributed by atoms with van der Waals surface area (Å²) in [6.45, 7) is 9.58. The van der Waals surface area contributed by atoms with E-state index in [4.69, 9.17) is 0 Å². The maximum Gasteiger partial charge on any atom is 0.416 e. The lowest BCUT2D eigenvalue weighted by Gasteiger charge is -2.17. The van der Waals surface area contributed by atoms with E-state index in [1.165, 1.54) is 12.2 Å². The van der Waals surface area contributed by atoms with E-state index >= 15 is 0 Å². The summed E-state index contributed by atoms with van der Waals surface area (Å²) >= 11 is 0. The minimum Gasteiger partial charge on any atom is -0.257 e. The van der Waals surface area contributed by atoms with Crippen LogP contribution in [0.15, 0.2) is 52.2 Å². The number of rotatable bonds is 3. The summed E-state index contributed by atoms with van der Waals surface area (Å²) in [5.74, 6) is 0. The predicted molar refractivity (Wildman–Crippen MR) is 82.3 cm³/mol. The van der Waals surface area contributed by atoms with Gasteiger partial charge in [-0.2, -0.15) is 13.2 Å². The summed E-state index contributed by atoms with van der Waals surface area (Å²) in [7, 11) is 0. The molecule has 0 saturated carbocycles. The highest BCUT2D eigenvalue weighted by Gasteiger charge is 2.31. The van der Waals surface area contributed by atoms with Crippen LogP contribution in [0.25, 0.3) is 0 Å². The number of hydrogen-bond acceptors (Lipinski definition) is 1. The largest absolute Gasteiger partial charge is 0.416 e. The second-order valence-electron chi connectivity index (χ2n) is 6.07. The summed E-state index contributed by atoms with van der Waals surface area (Å²) in [5.41, 5.74) is 1.87. The molecule has 0 bridgehead atoms. The van der Waals surface area contributed by atoms with Crippen molar-refractivity contribution in [1.82, 2.24) is 0 Å². The molecule has 0 spiro atoms. The molecular weight excluding hydrogens is 275 g/mol. The van der Waals surface area contributed by atoms with Crippen LogP contribution < -0.4 is 0 Å². The first kappa shape index (κ1) is 17.5. The highest BCUT2D eigenvalue weighted by atomic mass is 19.4. The molecule has 1 aliphatic heterocycles. The van der Waals surface area contributed by atoms with Gasteiger partial charge in [0.2, 0.25) is 0 Å². The van der Waals surface area contributed by atoms with Gasteiger partial charge in [0, 0.05) is 17.5 Å². The van der Waals surface area contributed by atoms with Gasteiger partial charge in [-0.15, -0.1) is 0 Å². The second kappa shape index (κ2) is 6.46. The van der Waals surface area contributed by atoms with Crippen LogP contribution >= 0.6 is 0 Å². The Morgan fingerprint density at radius 3 is 2.24 bits per heavy atom. The van der Waals surface area contributed by atoms with E-state index in [0.717, 1.165) is 35.6 Å². The molecule has 1 aliphatic rings. The van der Waals surface area contributed by atoms with Crippen molar-refractivity contribution >= 4 is 5.71 Å².